The van der Waals surface area contributed by atoms with Crippen LogP contribution in [-0.2, 0) is 0 Å². The molecule has 3 atom stereocenters. The molecule has 2 aliphatic rings. The van der Waals surface area contributed by atoms with Crippen LogP contribution in [-0.4, -0.2) is 88.0 Å². The molecule has 1 aliphatic carbocycles. The molecular formula is C26H38N4O5. The normalized spacial score (nSPS) is 22.1. The van der Waals surface area contributed by atoms with Gasteiger partial charge in [-0.1, -0.05) is 25.7 Å². The summed E-state index contributed by atoms with van der Waals surface area (Å²) in [5.41, 5.74) is -0.226. The maximum absolute atomic E-state index is 13.5. The lowest BCUT2D eigenvalue weighted by molar-refractivity contribution is 0.0352. The SMILES string of the molecule is CCCNC(=O)N(C)C[C@@H]1Oc2ncc(C#CC3(O)CCCC3)cc2C(=O)N([C@@H](C)CO)C[C@@H]1C. The molecule has 2 heterocycles. The third kappa shape index (κ3) is 6.65. The number of hydrogen-bond acceptors (Lipinski definition) is 6. The molecule has 1 fully saturated rings. The van der Waals surface area contributed by atoms with Gasteiger partial charge in [0.05, 0.1) is 19.2 Å². The van der Waals surface area contributed by atoms with E-state index in [-0.39, 0.29) is 35.9 Å². The van der Waals surface area contributed by atoms with Crippen LogP contribution in [0.25, 0.3) is 0 Å². The van der Waals surface area contributed by atoms with E-state index in [1.54, 1.807) is 29.8 Å². The highest BCUT2D eigenvalue weighted by Crippen LogP contribution is 2.30. The van der Waals surface area contributed by atoms with Gasteiger partial charge in [0, 0.05) is 37.8 Å². The molecule has 3 rings (SSSR count). The highest BCUT2D eigenvalue weighted by Gasteiger charge is 2.35. The van der Waals surface area contributed by atoms with Gasteiger partial charge in [0.1, 0.15) is 17.3 Å². The fraction of sp³-hybridized carbons (Fsp3) is 0.654. The van der Waals surface area contributed by atoms with Crippen LogP contribution in [0.4, 0.5) is 4.79 Å². The van der Waals surface area contributed by atoms with Gasteiger partial charge >= 0.3 is 6.03 Å². The van der Waals surface area contributed by atoms with E-state index in [2.05, 4.69) is 22.1 Å². The second-order valence-corrected chi connectivity index (χ2v) is 9.80. The van der Waals surface area contributed by atoms with Crippen LogP contribution in [0.3, 0.4) is 0 Å². The van der Waals surface area contributed by atoms with Crippen molar-refractivity contribution >= 4 is 11.9 Å². The number of rotatable bonds is 6. The van der Waals surface area contributed by atoms with Crippen LogP contribution in [0.1, 0.15) is 68.8 Å². The van der Waals surface area contributed by atoms with Gasteiger partial charge in [0.2, 0.25) is 5.88 Å². The van der Waals surface area contributed by atoms with Gasteiger partial charge in [-0.15, -0.1) is 0 Å². The third-order valence-corrected chi connectivity index (χ3v) is 6.72. The van der Waals surface area contributed by atoms with Crippen molar-refractivity contribution < 1.29 is 24.5 Å². The summed E-state index contributed by atoms with van der Waals surface area (Å²) in [7, 11) is 1.71. The van der Waals surface area contributed by atoms with Crippen molar-refractivity contribution in [3.63, 3.8) is 0 Å². The van der Waals surface area contributed by atoms with E-state index in [1.165, 1.54) is 6.20 Å². The number of amides is 3. The summed E-state index contributed by atoms with van der Waals surface area (Å²) in [5, 5.41) is 23.2. The van der Waals surface area contributed by atoms with Crippen LogP contribution in [0.15, 0.2) is 12.3 Å². The van der Waals surface area contributed by atoms with E-state index in [9.17, 15) is 19.8 Å². The fourth-order valence-corrected chi connectivity index (χ4v) is 4.38. The average molecular weight is 487 g/mol. The number of fused-ring (bicyclic) bond motifs is 1. The Balaban J connectivity index is 1.92. The minimum absolute atomic E-state index is 0.125. The molecule has 1 aromatic rings. The number of ether oxygens (including phenoxy) is 1. The predicted octanol–water partition coefficient (Wildman–Crippen LogP) is 2.01. The van der Waals surface area contributed by atoms with Crippen molar-refractivity contribution in [1.82, 2.24) is 20.1 Å². The first-order chi connectivity index (χ1) is 16.7. The quantitative estimate of drug-likeness (QED) is 0.530. The van der Waals surface area contributed by atoms with Gasteiger partial charge in [-0.25, -0.2) is 9.78 Å². The fourth-order valence-electron chi connectivity index (χ4n) is 4.38. The molecule has 192 valence electrons. The summed E-state index contributed by atoms with van der Waals surface area (Å²) in [6, 6.07) is 1.04. The molecule has 35 heavy (non-hydrogen) atoms. The predicted molar refractivity (Wildman–Crippen MR) is 132 cm³/mol. The maximum atomic E-state index is 13.5. The lowest BCUT2D eigenvalue weighted by Crippen LogP contribution is -2.51. The van der Waals surface area contributed by atoms with E-state index in [0.29, 0.717) is 38.0 Å². The first-order valence-electron chi connectivity index (χ1n) is 12.5. The number of nitrogens with one attached hydrogen (secondary N) is 1. The first-order valence-corrected chi connectivity index (χ1v) is 12.5. The Morgan fingerprint density at radius 1 is 1.43 bits per heavy atom. The summed E-state index contributed by atoms with van der Waals surface area (Å²) in [6.45, 7) is 6.80. The summed E-state index contributed by atoms with van der Waals surface area (Å²) < 4.78 is 6.22. The minimum Gasteiger partial charge on any atom is -0.472 e. The summed E-state index contributed by atoms with van der Waals surface area (Å²) in [5.74, 6) is 5.68. The number of aliphatic hydroxyl groups excluding tert-OH is 1. The Labute approximate surface area is 207 Å². The number of carbonyl (C=O) groups excluding carboxylic acids is 2. The Kier molecular flexibility index (Phi) is 8.98. The van der Waals surface area contributed by atoms with Gasteiger partial charge < -0.3 is 30.1 Å². The van der Waals surface area contributed by atoms with Crippen molar-refractivity contribution in [1.29, 1.82) is 0 Å². The van der Waals surface area contributed by atoms with Crippen LogP contribution in [0.2, 0.25) is 0 Å². The molecule has 0 radical (unpaired) electrons. The summed E-state index contributed by atoms with van der Waals surface area (Å²) in [6.07, 6.45) is 5.12. The van der Waals surface area contributed by atoms with Crippen LogP contribution in [0.5, 0.6) is 5.88 Å². The van der Waals surface area contributed by atoms with Crippen molar-refractivity contribution in [2.24, 2.45) is 5.92 Å². The highest BCUT2D eigenvalue weighted by atomic mass is 16.5. The van der Waals surface area contributed by atoms with Crippen molar-refractivity contribution in [3.8, 4) is 17.7 Å². The van der Waals surface area contributed by atoms with Gasteiger partial charge in [-0.3, -0.25) is 4.79 Å². The van der Waals surface area contributed by atoms with Gasteiger partial charge in [0.25, 0.3) is 5.91 Å². The van der Waals surface area contributed by atoms with Crippen molar-refractivity contribution in [3.05, 3.63) is 23.4 Å². The average Bonchev–Trinajstić information content (AvgIpc) is 3.29. The zero-order chi connectivity index (χ0) is 25.6. The van der Waals surface area contributed by atoms with Crippen molar-refractivity contribution in [2.45, 2.75) is 70.6 Å². The zero-order valence-electron chi connectivity index (χ0n) is 21.2. The number of pyridine rings is 1. The molecule has 0 spiro atoms. The van der Waals surface area contributed by atoms with E-state index in [1.807, 2.05) is 13.8 Å². The van der Waals surface area contributed by atoms with Gasteiger partial charge in [-0.2, -0.15) is 0 Å². The first kappa shape index (κ1) is 26.8. The van der Waals surface area contributed by atoms with Crippen LogP contribution >= 0.6 is 0 Å². The van der Waals surface area contributed by atoms with Crippen LogP contribution < -0.4 is 10.1 Å². The summed E-state index contributed by atoms with van der Waals surface area (Å²) in [4.78, 5) is 33.5. The Morgan fingerprint density at radius 2 is 2.14 bits per heavy atom. The number of aliphatic hydroxyl groups is 2. The molecule has 0 saturated heterocycles. The molecule has 0 bridgehead atoms. The number of likely N-dealkylation sites (N-methyl/N-ethyl adjacent to an activating group) is 1. The molecular weight excluding hydrogens is 448 g/mol. The van der Waals surface area contributed by atoms with Gasteiger partial charge in [-0.05, 0) is 45.1 Å². The molecule has 9 heteroatoms. The van der Waals surface area contributed by atoms with E-state index >= 15 is 0 Å². The number of nitrogens with zero attached hydrogens (tertiary/aromatic N) is 3. The number of aromatic nitrogens is 1. The van der Waals surface area contributed by atoms with E-state index < -0.39 is 17.7 Å². The second-order valence-electron chi connectivity index (χ2n) is 9.80. The molecule has 1 aliphatic heterocycles. The number of carbonyl (C=O) groups is 2. The molecule has 9 nitrogen and oxygen atoms in total. The third-order valence-electron chi connectivity index (χ3n) is 6.72. The monoisotopic (exact) mass is 486 g/mol. The van der Waals surface area contributed by atoms with Crippen molar-refractivity contribution in [2.75, 3.05) is 33.3 Å². The minimum atomic E-state index is -0.994. The smallest absolute Gasteiger partial charge is 0.317 e. The maximum Gasteiger partial charge on any atom is 0.317 e. The standard InChI is InChI=1S/C26H38N4O5/c1-5-12-27-25(33)29(4)16-22-18(2)15-30(19(3)17-31)24(32)21-13-20(14-28-23(21)35-22)8-11-26(34)9-6-7-10-26/h13-14,18-19,22,31,34H,5-7,9-10,12,15-17H2,1-4H3,(H,27,33)/t18-,19-,22-/m0/s1. The Hall–Kier alpha value is -2.83. The van der Waals surface area contributed by atoms with E-state index in [0.717, 1.165) is 19.3 Å². The molecule has 0 aromatic carbocycles. The lowest BCUT2D eigenvalue weighted by atomic mass is 9.99. The number of urea groups is 1. The Bertz CT molecular complexity index is 966. The van der Waals surface area contributed by atoms with E-state index in [4.69, 9.17) is 4.74 Å². The molecule has 0 unspecified atom stereocenters. The topological polar surface area (TPSA) is 115 Å². The number of hydrogen-bond donors (Lipinski definition) is 3. The molecule has 1 aromatic heterocycles. The van der Waals surface area contributed by atoms with Crippen LogP contribution in [0, 0.1) is 17.8 Å². The largest absolute Gasteiger partial charge is 0.472 e. The molecule has 3 N–H and O–H groups in total. The second kappa shape index (κ2) is 11.7. The summed E-state index contributed by atoms with van der Waals surface area (Å²) >= 11 is 0. The molecule has 1 saturated carbocycles. The Morgan fingerprint density at radius 3 is 2.80 bits per heavy atom. The van der Waals surface area contributed by atoms with Gasteiger partial charge in [0.15, 0.2) is 0 Å². The zero-order valence-corrected chi connectivity index (χ0v) is 21.2. The lowest BCUT2D eigenvalue weighted by Gasteiger charge is -2.37. The molecule has 3 amide bonds. The highest BCUT2D eigenvalue weighted by molar-refractivity contribution is 5.97.